The fourth-order valence-corrected chi connectivity index (χ4v) is 5.08. The fourth-order valence-electron chi connectivity index (χ4n) is 3.43. The number of aromatic nitrogens is 1. The highest BCUT2D eigenvalue weighted by Crippen LogP contribution is 2.33. The number of carbonyl (C=O) groups excluding carboxylic acids is 1. The first-order valence-corrected chi connectivity index (χ1v) is 10.8. The average molecular weight is 399 g/mol. The zero-order valence-corrected chi connectivity index (χ0v) is 16.6. The van der Waals surface area contributed by atoms with Crippen LogP contribution < -0.4 is 16.0 Å². The lowest BCUT2D eigenvalue weighted by Crippen LogP contribution is -2.34. The molecular formula is C20H22N4OS2. The summed E-state index contributed by atoms with van der Waals surface area (Å²) < 4.78 is 0. The van der Waals surface area contributed by atoms with Crippen LogP contribution in [0.3, 0.4) is 0 Å². The Morgan fingerprint density at radius 1 is 1.26 bits per heavy atom. The smallest absolute Gasteiger partial charge is 0.220 e. The summed E-state index contributed by atoms with van der Waals surface area (Å²) in [6, 6.07) is 12.5. The average Bonchev–Trinajstić information content (AvgIpc) is 3.40. The molecule has 1 aromatic carbocycles. The summed E-state index contributed by atoms with van der Waals surface area (Å²) in [5.41, 5.74) is 9.51. The Morgan fingerprint density at radius 2 is 2.15 bits per heavy atom. The SMILES string of the molecule is Nc1nc(-c2cccs2)c(CCC(=O)NCCN2CCc3ccccc32)s1. The van der Waals surface area contributed by atoms with Crippen LogP contribution in [0.25, 0.3) is 10.6 Å². The summed E-state index contributed by atoms with van der Waals surface area (Å²) in [6.07, 6.45) is 2.21. The minimum atomic E-state index is 0.0755. The molecule has 0 atom stereocenters. The van der Waals surface area contributed by atoms with Crippen molar-refractivity contribution in [1.29, 1.82) is 0 Å². The van der Waals surface area contributed by atoms with Crippen molar-refractivity contribution in [3.05, 3.63) is 52.2 Å². The number of para-hydroxylation sites is 1. The summed E-state index contributed by atoms with van der Waals surface area (Å²) in [5.74, 6) is 0.0755. The van der Waals surface area contributed by atoms with E-state index in [4.69, 9.17) is 5.73 Å². The molecule has 3 aromatic rings. The number of amides is 1. The van der Waals surface area contributed by atoms with Crippen molar-refractivity contribution >= 4 is 39.4 Å². The van der Waals surface area contributed by atoms with Gasteiger partial charge in [0.25, 0.3) is 0 Å². The Labute approximate surface area is 166 Å². The Morgan fingerprint density at radius 3 is 3.00 bits per heavy atom. The van der Waals surface area contributed by atoms with Crippen molar-refractivity contribution in [2.75, 3.05) is 30.3 Å². The predicted octanol–water partition coefficient (Wildman–Crippen LogP) is 3.57. The predicted molar refractivity (Wildman–Crippen MR) is 114 cm³/mol. The van der Waals surface area contributed by atoms with E-state index in [1.165, 1.54) is 22.6 Å². The molecule has 0 saturated carbocycles. The second-order valence-electron chi connectivity index (χ2n) is 6.52. The number of nitrogen functional groups attached to an aromatic ring is 1. The first-order valence-electron chi connectivity index (χ1n) is 9.09. The van der Waals surface area contributed by atoms with Crippen molar-refractivity contribution in [1.82, 2.24) is 10.3 Å². The number of rotatable bonds is 7. The Bertz CT molecular complexity index is 920. The molecule has 3 heterocycles. The number of nitrogens with zero attached hydrogens (tertiary/aromatic N) is 2. The normalized spacial score (nSPS) is 13.0. The van der Waals surface area contributed by atoms with Gasteiger partial charge in [0.2, 0.25) is 5.91 Å². The molecule has 4 rings (SSSR count). The minimum Gasteiger partial charge on any atom is -0.375 e. The first-order chi connectivity index (χ1) is 13.2. The van der Waals surface area contributed by atoms with E-state index in [2.05, 4.69) is 39.5 Å². The molecule has 0 radical (unpaired) electrons. The van der Waals surface area contributed by atoms with Gasteiger partial charge in [-0.2, -0.15) is 0 Å². The number of anilines is 2. The van der Waals surface area contributed by atoms with Gasteiger partial charge in [-0.3, -0.25) is 4.79 Å². The third-order valence-electron chi connectivity index (χ3n) is 4.73. The molecule has 1 aliphatic rings. The molecule has 1 aliphatic heterocycles. The van der Waals surface area contributed by atoms with Gasteiger partial charge in [0.1, 0.15) is 0 Å². The van der Waals surface area contributed by atoms with Gasteiger partial charge in [-0.1, -0.05) is 24.3 Å². The van der Waals surface area contributed by atoms with Crippen LogP contribution in [0.15, 0.2) is 41.8 Å². The van der Waals surface area contributed by atoms with Gasteiger partial charge in [-0.25, -0.2) is 4.98 Å². The molecule has 0 bridgehead atoms. The van der Waals surface area contributed by atoms with E-state index in [9.17, 15) is 4.79 Å². The van der Waals surface area contributed by atoms with E-state index in [1.807, 2.05) is 17.5 Å². The van der Waals surface area contributed by atoms with E-state index < -0.39 is 0 Å². The van der Waals surface area contributed by atoms with Gasteiger partial charge in [0.05, 0.1) is 10.6 Å². The maximum absolute atomic E-state index is 12.3. The van der Waals surface area contributed by atoms with E-state index in [0.717, 1.165) is 35.0 Å². The Hall–Kier alpha value is -2.38. The summed E-state index contributed by atoms with van der Waals surface area (Å²) in [7, 11) is 0. The van der Waals surface area contributed by atoms with Crippen molar-refractivity contribution in [2.24, 2.45) is 0 Å². The number of nitrogens with one attached hydrogen (secondary N) is 1. The van der Waals surface area contributed by atoms with Crippen LogP contribution in [0, 0.1) is 0 Å². The maximum Gasteiger partial charge on any atom is 0.220 e. The standard InChI is InChI=1S/C20H22N4OS2/c21-20-23-19(16-6-3-13-26-16)17(27-20)7-8-18(25)22-10-12-24-11-9-14-4-1-2-5-15(14)24/h1-6,13H,7-12H2,(H2,21,23)(H,22,25). The second-order valence-corrected chi connectivity index (χ2v) is 8.58. The van der Waals surface area contributed by atoms with Crippen LogP contribution in [0.4, 0.5) is 10.8 Å². The molecule has 0 fully saturated rings. The molecular weight excluding hydrogens is 376 g/mol. The van der Waals surface area contributed by atoms with Crippen LogP contribution in [-0.2, 0) is 17.6 Å². The highest BCUT2D eigenvalue weighted by molar-refractivity contribution is 7.17. The number of thiophene rings is 1. The van der Waals surface area contributed by atoms with Crippen molar-refractivity contribution in [2.45, 2.75) is 19.3 Å². The van der Waals surface area contributed by atoms with E-state index in [-0.39, 0.29) is 5.91 Å². The molecule has 0 unspecified atom stereocenters. The van der Waals surface area contributed by atoms with Gasteiger partial charge in [0, 0.05) is 36.6 Å². The van der Waals surface area contributed by atoms with Crippen LogP contribution in [-0.4, -0.2) is 30.5 Å². The zero-order chi connectivity index (χ0) is 18.6. The summed E-state index contributed by atoms with van der Waals surface area (Å²) in [6.45, 7) is 2.53. The third-order valence-corrected chi connectivity index (χ3v) is 6.56. The number of aryl methyl sites for hydroxylation is 1. The summed E-state index contributed by atoms with van der Waals surface area (Å²) in [5, 5.41) is 5.63. The number of carbonyl (C=O) groups is 1. The van der Waals surface area contributed by atoms with E-state index in [0.29, 0.717) is 24.5 Å². The van der Waals surface area contributed by atoms with Crippen molar-refractivity contribution < 1.29 is 4.79 Å². The van der Waals surface area contributed by atoms with Crippen molar-refractivity contribution in [3.8, 4) is 10.6 Å². The lowest BCUT2D eigenvalue weighted by atomic mass is 10.2. The van der Waals surface area contributed by atoms with Crippen LogP contribution in [0.2, 0.25) is 0 Å². The quantitative estimate of drug-likeness (QED) is 0.638. The monoisotopic (exact) mass is 398 g/mol. The Balaban J connectivity index is 1.26. The molecule has 140 valence electrons. The van der Waals surface area contributed by atoms with Gasteiger partial charge in [-0.05, 0) is 35.9 Å². The minimum absolute atomic E-state index is 0.0755. The number of fused-ring (bicyclic) bond motifs is 1. The fraction of sp³-hybridized carbons (Fsp3) is 0.300. The highest BCUT2D eigenvalue weighted by Gasteiger charge is 2.18. The summed E-state index contributed by atoms with van der Waals surface area (Å²) in [4.78, 5) is 21.2. The first kappa shape index (κ1) is 18.0. The molecule has 0 saturated heterocycles. The van der Waals surface area contributed by atoms with E-state index >= 15 is 0 Å². The molecule has 2 aromatic heterocycles. The number of hydrogen-bond donors (Lipinski definition) is 2. The maximum atomic E-state index is 12.3. The van der Waals surface area contributed by atoms with Gasteiger partial charge in [0.15, 0.2) is 5.13 Å². The molecule has 7 heteroatoms. The molecule has 0 spiro atoms. The molecule has 27 heavy (non-hydrogen) atoms. The molecule has 1 amide bonds. The van der Waals surface area contributed by atoms with Gasteiger partial charge < -0.3 is 16.0 Å². The lowest BCUT2D eigenvalue weighted by molar-refractivity contribution is -0.120. The second kappa shape index (κ2) is 8.10. The van der Waals surface area contributed by atoms with Gasteiger partial charge >= 0.3 is 0 Å². The van der Waals surface area contributed by atoms with Crippen LogP contribution in [0.5, 0.6) is 0 Å². The number of benzene rings is 1. The number of nitrogens with two attached hydrogens (primary N) is 1. The number of hydrogen-bond acceptors (Lipinski definition) is 6. The van der Waals surface area contributed by atoms with Gasteiger partial charge in [-0.15, -0.1) is 22.7 Å². The molecule has 5 nitrogen and oxygen atoms in total. The van der Waals surface area contributed by atoms with Crippen LogP contribution >= 0.6 is 22.7 Å². The molecule has 3 N–H and O–H groups in total. The summed E-state index contributed by atoms with van der Waals surface area (Å²) >= 11 is 3.12. The number of thiazole rings is 1. The highest BCUT2D eigenvalue weighted by atomic mass is 32.1. The van der Waals surface area contributed by atoms with Crippen molar-refractivity contribution in [3.63, 3.8) is 0 Å². The zero-order valence-electron chi connectivity index (χ0n) is 15.0. The largest absolute Gasteiger partial charge is 0.375 e. The topological polar surface area (TPSA) is 71.2 Å². The Kier molecular flexibility index (Phi) is 5.40. The lowest BCUT2D eigenvalue weighted by Gasteiger charge is -2.19. The van der Waals surface area contributed by atoms with Crippen LogP contribution in [0.1, 0.15) is 16.9 Å². The molecule has 0 aliphatic carbocycles. The third kappa shape index (κ3) is 4.14. The van der Waals surface area contributed by atoms with E-state index in [1.54, 1.807) is 11.3 Å².